The topological polar surface area (TPSA) is 38.9 Å². The number of benzene rings is 3. The summed E-state index contributed by atoms with van der Waals surface area (Å²) >= 11 is 0. The monoisotopic (exact) mass is 352 g/mol. The molecule has 0 fully saturated rings. The van der Waals surface area contributed by atoms with E-state index in [4.69, 9.17) is 14.4 Å². The Morgan fingerprint density at radius 2 is 1.52 bits per heavy atom. The summed E-state index contributed by atoms with van der Waals surface area (Å²) in [6.45, 7) is 6.53. The first-order valence-electron chi connectivity index (χ1n) is 9.20. The van der Waals surface area contributed by atoms with Gasteiger partial charge in [0.25, 0.3) is 0 Å². The summed E-state index contributed by atoms with van der Waals surface area (Å²) in [5, 5.41) is 3.42. The molecule has 0 bridgehead atoms. The van der Waals surface area contributed by atoms with Gasteiger partial charge in [0.2, 0.25) is 5.71 Å². The standard InChI is InChI=1S/C24H20N2O/c1-24(2,3)22-20(17-13-12-15-8-4-5-9-16(15)14-17)26-23-21(25-22)18-10-6-7-11-19(18)27-23/h4-14H,1-3H3. The molecule has 3 heteroatoms. The van der Waals surface area contributed by atoms with Crippen LogP contribution in [0.15, 0.2) is 71.1 Å². The molecule has 2 heterocycles. The van der Waals surface area contributed by atoms with E-state index in [0.29, 0.717) is 5.71 Å². The molecule has 0 atom stereocenters. The highest BCUT2D eigenvalue weighted by Crippen LogP contribution is 2.35. The predicted octanol–water partition coefficient (Wildman–Crippen LogP) is 6.49. The van der Waals surface area contributed by atoms with Crippen molar-refractivity contribution in [2.45, 2.75) is 26.2 Å². The second kappa shape index (κ2) is 5.65. The van der Waals surface area contributed by atoms with Crippen LogP contribution in [0.25, 0.3) is 44.2 Å². The second-order valence-corrected chi connectivity index (χ2v) is 7.98. The van der Waals surface area contributed by atoms with Gasteiger partial charge in [-0.15, -0.1) is 0 Å². The van der Waals surface area contributed by atoms with Crippen LogP contribution in [-0.4, -0.2) is 9.97 Å². The first kappa shape index (κ1) is 16.0. The number of aromatic nitrogens is 2. The third-order valence-electron chi connectivity index (χ3n) is 4.95. The van der Waals surface area contributed by atoms with Crippen molar-refractivity contribution >= 4 is 33.0 Å². The number of hydrogen-bond donors (Lipinski definition) is 0. The van der Waals surface area contributed by atoms with Gasteiger partial charge in [0, 0.05) is 16.4 Å². The van der Waals surface area contributed by atoms with Crippen LogP contribution in [0.5, 0.6) is 0 Å². The Hall–Kier alpha value is -3.20. The van der Waals surface area contributed by atoms with Crippen molar-refractivity contribution in [3.8, 4) is 11.3 Å². The van der Waals surface area contributed by atoms with E-state index in [9.17, 15) is 0 Å². The van der Waals surface area contributed by atoms with E-state index in [2.05, 4.69) is 63.2 Å². The van der Waals surface area contributed by atoms with Crippen molar-refractivity contribution in [1.29, 1.82) is 0 Å². The number of fused-ring (bicyclic) bond motifs is 4. The summed E-state index contributed by atoms with van der Waals surface area (Å²) < 4.78 is 6.00. The van der Waals surface area contributed by atoms with Crippen LogP contribution < -0.4 is 0 Å². The van der Waals surface area contributed by atoms with Crippen LogP contribution in [0, 0.1) is 0 Å². The highest BCUT2D eigenvalue weighted by molar-refractivity contribution is 6.01. The van der Waals surface area contributed by atoms with E-state index in [0.717, 1.165) is 33.4 Å². The van der Waals surface area contributed by atoms with Crippen molar-refractivity contribution < 1.29 is 4.42 Å². The van der Waals surface area contributed by atoms with Crippen LogP contribution in [-0.2, 0) is 5.41 Å². The molecular formula is C24H20N2O. The molecule has 2 aromatic heterocycles. The fourth-order valence-corrected chi connectivity index (χ4v) is 3.58. The van der Waals surface area contributed by atoms with E-state index in [1.54, 1.807) is 0 Å². The molecule has 0 spiro atoms. The zero-order valence-electron chi connectivity index (χ0n) is 15.7. The summed E-state index contributed by atoms with van der Waals surface area (Å²) in [4.78, 5) is 9.96. The number of furan rings is 1. The first-order chi connectivity index (χ1) is 13.0. The predicted molar refractivity (Wildman–Crippen MR) is 111 cm³/mol. The first-order valence-corrected chi connectivity index (χ1v) is 9.20. The Morgan fingerprint density at radius 1 is 0.778 bits per heavy atom. The Morgan fingerprint density at radius 3 is 2.33 bits per heavy atom. The molecule has 5 rings (SSSR count). The average Bonchev–Trinajstić information content (AvgIpc) is 3.03. The molecule has 27 heavy (non-hydrogen) atoms. The third-order valence-corrected chi connectivity index (χ3v) is 4.95. The lowest BCUT2D eigenvalue weighted by Gasteiger charge is -2.21. The van der Waals surface area contributed by atoms with E-state index >= 15 is 0 Å². The van der Waals surface area contributed by atoms with Gasteiger partial charge in [-0.1, -0.05) is 69.3 Å². The number of hydrogen-bond acceptors (Lipinski definition) is 3. The molecule has 0 aliphatic heterocycles. The highest BCUT2D eigenvalue weighted by atomic mass is 16.3. The van der Waals surface area contributed by atoms with Gasteiger partial charge in [-0.05, 0) is 29.0 Å². The summed E-state index contributed by atoms with van der Waals surface area (Å²) in [7, 11) is 0. The lowest BCUT2D eigenvalue weighted by Crippen LogP contribution is -2.16. The Bertz CT molecular complexity index is 1310. The van der Waals surface area contributed by atoms with Crippen molar-refractivity contribution in [3.05, 3.63) is 72.4 Å². The molecule has 3 nitrogen and oxygen atoms in total. The van der Waals surface area contributed by atoms with E-state index in [1.807, 2.05) is 24.3 Å². The lowest BCUT2D eigenvalue weighted by atomic mass is 9.88. The average molecular weight is 352 g/mol. The van der Waals surface area contributed by atoms with Crippen LogP contribution in [0.4, 0.5) is 0 Å². The van der Waals surface area contributed by atoms with Crippen LogP contribution in [0.1, 0.15) is 26.5 Å². The molecule has 3 aromatic carbocycles. The van der Waals surface area contributed by atoms with Gasteiger partial charge in [0.05, 0.1) is 11.4 Å². The van der Waals surface area contributed by atoms with Gasteiger partial charge in [0.1, 0.15) is 11.1 Å². The highest BCUT2D eigenvalue weighted by Gasteiger charge is 2.25. The molecular weight excluding hydrogens is 332 g/mol. The molecule has 132 valence electrons. The van der Waals surface area contributed by atoms with E-state index in [-0.39, 0.29) is 5.41 Å². The quantitative estimate of drug-likeness (QED) is 0.346. The minimum absolute atomic E-state index is 0.138. The fourth-order valence-electron chi connectivity index (χ4n) is 3.58. The smallest absolute Gasteiger partial charge is 0.246 e. The molecule has 0 saturated carbocycles. The summed E-state index contributed by atoms with van der Waals surface area (Å²) in [5.41, 5.74) is 5.04. The largest absolute Gasteiger partial charge is 0.436 e. The maximum atomic E-state index is 6.00. The third kappa shape index (κ3) is 2.58. The van der Waals surface area contributed by atoms with E-state index < -0.39 is 0 Å². The van der Waals surface area contributed by atoms with Crippen molar-refractivity contribution in [2.75, 3.05) is 0 Å². The second-order valence-electron chi connectivity index (χ2n) is 7.98. The van der Waals surface area contributed by atoms with Crippen LogP contribution in [0.3, 0.4) is 0 Å². The van der Waals surface area contributed by atoms with Gasteiger partial charge in [-0.3, -0.25) is 0 Å². The van der Waals surface area contributed by atoms with Crippen molar-refractivity contribution in [2.24, 2.45) is 0 Å². The molecule has 0 unspecified atom stereocenters. The number of para-hydroxylation sites is 1. The fraction of sp³-hybridized carbons (Fsp3) is 0.167. The van der Waals surface area contributed by atoms with Gasteiger partial charge >= 0.3 is 0 Å². The molecule has 0 saturated heterocycles. The van der Waals surface area contributed by atoms with Gasteiger partial charge < -0.3 is 4.42 Å². The minimum Gasteiger partial charge on any atom is -0.436 e. The maximum Gasteiger partial charge on any atom is 0.246 e. The lowest BCUT2D eigenvalue weighted by molar-refractivity contribution is 0.568. The zero-order valence-corrected chi connectivity index (χ0v) is 15.7. The summed E-state index contributed by atoms with van der Waals surface area (Å²) in [5.74, 6) is 0. The summed E-state index contributed by atoms with van der Waals surface area (Å²) in [6.07, 6.45) is 0. The Labute approximate surface area is 157 Å². The molecule has 0 amide bonds. The number of rotatable bonds is 1. The van der Waals surface area contributed by atoms with Crippen LogP contribution in [0.2, 0.25) is 0 Å². The minimum atomic E-state index is -0.138. The van der Waals surface area contributed by atoms with Crippen molar-refractivity contribution in [1.82, 2.24) is 9.97 Å². The maximum absolute atomic E-state index is 6.00. The van der Waals surface area contributed by atoms with E-state index in [1.165, 1.54) is 10.8 Å². The summed E-state index contributed by atoms with van der Waals surface area (Å²) in [6, 6.07) is 22.8. The molecule has 0 aliphatic carbocycles. The van der Waals surface area contributed by atoms with Crippen molar-refractivity contribution in [3.63, 3.8) is 0 Å². The normalized spacial score (nSPS) is 12.3. The molecule has 5 aromatic rings. The van der Waals surface area contributed by atoms with Crippen LogP contribution >= 0.6 is 0 Å². The molecule has 0 radical (unpaired) electrons. The van der Waals surface area contributed by atoms with Gasteiger partial charge in [-0.25, -0.2) is 9.97 Å². The Kier molecular flexibility index (Phi) is 3.35. The Balaban J connectivity index is 1.84. The van der Waals surface area contributed by atoms with Gasteiger partial charge in [0.15, 0.2) is 0 Å². The zero-order chi connectivity index (χ0) is 18.6. The SMILES string of the molecule is CC(C)(C)c1nc2c(nc1-c1ccc3ccccc3c1)oc1ccccc12. The number of nitrogens with zero attached hydrogens (tertiary/aromatic N) is 2. The van der Waals surface area contributed by atoms with Gasteiger partial charge in [-0.2, -0.15) is 0 Å². The molecule has 0 N–H and O–H groups in total. The molecule has 0 aliphatic rings.